The third-order valence-corrected chi connectivity index (χ3v) is 7.41. The summed E-state index contributed by atoms with van der Waals surface area (Å²) in [7, 11) is 0. The minimum Gasteiger partial charge on any atom is -0.346 e. The lowest BCUT2D eigenvalue weighted by molar-refractivity contribution is -0.156. The molecule has 8 nitrogen and oxygen atoms in total. The van der Waals surface area contributed by atoms with E-state index in [2.05, 4.69) is 5.32 Å². The van der Waals surface area contributed by atoms with Gasteiger partial charge in [-0.05, 0) is 43.6 Å². The zero-order chi connectivity index (χ0) is 23.9. The Kier molecular flexibility index (Phi) is 8.19. The Balaban J connectivity index is 1.23. The summed E-state index contributed by atoms with van der Waals surface area (Å²) in [4.78, 5) is 54.8. The van der Waals surface area contributed by atoms with Crippen molar-refractivity contribution in [3.05, 3.63) is 35.9 Å². The Labute approximate surface area is 201 Å². The van der Waals surface area contributed by atoms with Gasteiger partial charge < -0.3 is 20.0 Å². The number of carbonyl (C=O) groups is 4. The molecule has 8 heteroatoms. The molecule has 4 rings (SSSR count). The first-order valence-electron chi connectivity index (χ1n) is 12.7. The molecule has 184 valence electrons. The summed E-state index contributed by atoms with van der Waals surface area (Å²) < 4.78 is 0. The maximum atomic E-state index is 12.6. The van der Waals surface area contributed by atoms with Crippen LogP contribution in [0.5, 0.6) is 0 Å². The van der Waals surface area contributed by atoms with Crippen molar-refractivity contribution in [3.8, 4) is 0 Å². The summed E-state index contributed by atoms with van der Waals surface area (Å²) in [6.45, 7) is 3.33. The molecule has 0 spiro atoms. The van der Waals surface area contributed by atoms with Crippen LogP contribution in [-0.4, -0.2) is 77.1 Å². The zero-order valence-electron chi connectivity index (χ0n) is 19.9. The van der Waals surface area contributed by atoms with Gasteiger partial charge in [-0.25, -0.2) is 0 Å². The average Bonchev–Trinajstić information content (AvgIpc) is 2.86. The van der Waals surface area contributed by atoms with Gasteiger partial charge in [0.25, 0.3) is 0 Å². The molecule has 34 heavy (non-hydrogen) atoms. The van der Waals surface area contributed by atoms with E-state index in [-0.39, 0.29) is 17.9 Å². The number of carbonyl (C=O) groups excluding carboxylic acids is 4. The van der Waals surface area contributed by atoms with Gasteiger partial charge in [-0.15, -0.1) is 0 Å². The normalized spacial score (nSPS) is 22.4. The van der Waals surface area contributed by atoms with Crippen LogP contribution in [0.2, 0.25) is 0 Å². The monoisotopic (exact) mass is 468 g/mol. The largest absolute Gasteiger partial charge is 0.346 e. The second-order valence-corrected chi connectivity index (χ2v) is 9.83. The second-order valence-electron chi connectivity index (χ2n) is 9.83. The molecule has 2 saturated heterocycles. The van der Waals surface area contributed by atoms with Crippen molar-refractivity contribution in [2.75, 3.05) is 32.7 Å². The number of hydrogen-bond acceptors (Lipinski definition) is 4. The quantitative estimate of drug-likeness (QED) is 0.443. The third-order valence-electron chi connectivity index (χ3n) is 7.41. The van der Waals surface area contributed by atoms with E-state index in [1.54, 1.807) is 14.7 Å². The molecule has 1 saturated carbocycles. The molecule has 1 aliphatic carbocycles. The van der Waals surface area contributed by atoms with Crippen LogP contribution in [0.3, 0.4) is 0 Å². The Hall–Kier alpha value is -2.90. The number of amides is 4. The topological polar surface area (TPSA) is 90.0 Å². The van der Waals surface area contributed by atoms with Crippen LogP contribution in [0, 0.1) is 5.92 Å². The highest BCUT2D eigenvalue weighted by Crippen LogP contribution is 2.25. The summed E-state index contributed by atoms with van der Waals surface area (Å²) in [5, 5.41) is 2.69. The lowest BCUT2D eigenvalue weighted by Gasteiger charge is -2.37. The predicted molar refractivity (Wildman–Crippen MR) is 127 cm³/mol. The van der Waals surface area contributed by atoms with Gasteiger partial charge in [0.05, 0.1) is 0 Å². The average molecular weight is 469 g/mol. The van der Waals surface area contributed by atoms with Crippen LogP contribution in [0.1, 0.15) is 56.9 Å². The number of hydrogen-bond donors (Lipinski definition) is 1. The minimum atomic E-state index is -0.553. The molecule has 1 aromatic rings. The van der Waals surface area contributed by atoms with E-state index < -0.39 is 11.8 Å². The maximum absolute atomic E-state index is 12.6. The summed E-state index contributed by atoms with van der Waals surface area (Å²) >= 11 is 0. The number of rotatable bonds is 9. The summed E-state index contributed by atoms with van der Waals surface area (Å²) in [5.41, 5.74) is 0.991. The van der Waals surface area contributed by atoms with Crippen LogP contribution in [0.4, 0.5) is 0 Å². The van der Waals surface area contributed by atoms with Crippen molar-refractivity contribution in [2.45, 2.75) is 64.0 Å². The van der Waals surface area contributed by atoms with Gasteiger partial charge in [0.1, 0.15) is 0 Å². The Morgan fingerprint density at radius 2 is 1.53 bits per heavy atom. The van der Waals surface area contributed by atoms with Crippen molar-refractivity contribution in [2.24, 2.45) is 5.92 Å². The van der Waals surface area contributed by atoms with Crippen molar-refractivity contribution in [3.63, 3.8) is 0 Å². The first-order chi connectivity index (χ1) is 16.5. The lowest BCUT2D eigenvalue weighted by atomic mass is 9.89. The molecule has 3 aliphatic rings. The van der Waals surface area contributed by atoms with Crippen LogP contribution in [-0.2, 0) is 25.7 Å². The fourth-order valence-corrected chi connectivity index (χ4v) is 5.40. The smallest absolute Gasteiger partial charge is 0.312 e. The van der Waals surface area contributed by atoms with E-state index in [9.17, 15) is 19.2 Å². The van der Waals surface area contributed by atoms with E-state index in [0.29, 0.717) is 38.6 Å². The third kappa shape index (κ3) is 5.96. The standard InChI is InChI=1S/C26H36N4O4/c31-23-24(32)30(19-21-11-5-2-6-12-21)22(17-27-23)13-7-8-14-28-15-16-29(26(34)25(28)33)18-20-9-3-1-4-10-20/h2,5-6,11-12,20,22H,1,3-4,7-10,13-19H2,(H,27,31)/t22-/m1/s1. The van der Waals surface area contributed by atoms with Gasteiger partial charge in [-0.2, -0.15) is 0 Å². The first-order valence-corrected chi connectivity index (χ1v) is 12.7. The Bertz CT molecular complexity index is 884. The summed E-state index contributed by atoms with van der Waals surface area (Å²) in [6, 6.07) is 9.60. The van der Waals surface area contributed by atoms with Gasteiger partial charge >= 0.3 is 23.6 Å². The number of benzene rings is 1. The van der Waals surface area contributed by atoms with Crippen molar-refractivity contribution >= 4 is 23.6 Å². The van der Waals surface area contributed by atoms with E-state index in [1.807, 2.05) is 30.3 Å². The molecular formula is C26H36N4O4. The Morgan fingerprint density at radius 3 is 2.29 bits per heavy atom. The molecule has 0 bridgehead atoms. The molecule has 0 aromatic heterocycles. The van der Waals surface area contributed by atoms with Crippen molar-refractivity contribution in [1.29, 1.82) is 0 Å². The molecule has 1 atom stereocenters. The SMILES string of the molecule is O=C1NC[C@@H](CCCCN2CCN(CC3CCCCC3)C(=O)C2=O)N(Cc2ccccc2)C1=O. The summed E-state index contributed by atoms with van der Waals surface area (Å²) in [5.74, 6) is -1.24. The predicted octanol–water partition coefficient (Wildman–Crippen LogP) is 1.93. The first kappa shape index (κ1) is 24.2. The van der Waals surface area contributed by atoms with Crippen LogP contribution >= 0.6 is 0 Å². The van der Waals surface area contributed by atoms with Gasteiger partial charge in [-0.1, -0.05) is 49.6 Å². The van der Waals surface area contributed by atoms with Gasteiger partial charge in [0.2, 0.25) is 0 Å². The van der Waals surface area contributed by atoms with Crippen molar-refractivity contribution < 1.29 is 19.2 Å². The highest BCUT2D eigenvalue weighted by Gasteiger charge is 2.35. The van der Waals surface area contributed by atoms with Gasteiger partial charge in [-0.3, -0.25) is 19.2 Å². The maximum Gasteiger partial charge on any atom is 0.312 e. The van der Waals surface area contributed by atoms with E-state index in [1.165, 1.54) is 19.3 Å². The van der Waals surface area contributed by atoms with E-state index in [0.717, 1.165) is 44.2 Å². The van der Waals surface area contributed by atoms with Gasteiger partial charge in [0.15, 0.2) is 0 Å². The second kappa shape index (κ2) is 11.5. The van der Waals surface area contributed by atoms with E-state index >= 15 is 0 Å². The molecule has 4 amide bonds. The fraction of sp³-hybridized carbons (Fsp3) is 0.615. The molecule has 2 aliphatic heterocycles. The number of nitrogens with zero attached hydrogens (tertiary/aromatic N) is 3. The molecular weight excluding hydrogens is 432 g/mol. The zero-order valence-corrected chi connectivity index (χ0v) is 19.9. The van der Waals surface area contributed by atoms with Crippen LogP contribution in [0.25, 0.3) is 0 Å². The number of nitrogens with one attached hydrogen (secondary N) is 1. The molecule has 3 fully saturated rings. The fourth-order valence-electron chi connectivity index (χ4n) is 5.40. The number of unbranched alkanes of at least 4 members (excludes halogenated alkanes) is 1. The molecule has 0 radical (unpaired) electrons. The molecule has 2 heterocycles. The number of piperazine rings is 2. The minimum absolute atomic E-state index is 0.0740. The van der Waals surface area contributed by atoms with Crippen molar-refractivity contribution in [1.82, 2.24) is 20.0 Å². The van der Waals surface area contributed by atoms with Crippen LogP contribution < -0.4 is 5.32 Å². The summed E-state index contributed by atoms with van der Waals surface area (Å²) in [6.07, 6.45) is 8.37. The van der Waals surface area contributed by atoms with E-state index in [4.69, 9.17) is 0 Å². The molecule has 1 aromatic carbocycles. The molecule has 1 N–H and O–H groups in total. The highest BCUT2D eigenvalue weighted by molar-refractivity contribution is 6.36. The highest BCUT2D eigenvalue weighted by atomic mass is 16.2. The van der Waals surface area contributed by atoms with Gasteiger partial charge in [0, 0.05) is 45.3 Å². The molecule has 0 unspecified atom stereocenters. The lowest BCUT2D eigenvalue weighted by Crippen LogP contribution is -2.57. The van der Waals surface area contributed by atoms with Crippen LogP contribution in [0.15, 0.2) is 30.3 Å². The Morgan fingerprint density at radius 1 is 0.824 bits per heavy atom.